The van der Waals surface area contributed by atoms with Gasteiger partial charge in [0.2, 0.25) is 0 Å². The lowest BCUT2D eigenvalue weighted by molar-refractivity contribution is 0.0401. The van der Waals surface area contributed by atoms with Gasteiger partial charge in [0.25, 0.3) is 0 Å². The molecule has 0 saturated heterocycles. The predicted octanol–water partition coefficient (Wildman–Crippen LogP) is 1.97. The zero-order chi connectivity index (χ0) is 17.7. The number of nitrogens with zero attached hydrogens (tertiary/aromatic N) is 3. The summed E-state index contributed by atoms with van der Waals surface area (Å²) >= 11 is 0. The first-order valence-corrected chi connectivity index (χ1v) is 8.35. The molecule has 0 aliphatic heterocycles. The molecule has 5 nitrogen and oxygen atoms in total. The van der Waals surface area contributed by atoms with E-state index >= 15 is 0 Å². The largest absolute Gasteiger partial charge is 0.396 e. The first kappa shape index (κ1) is 18.6. The van der Waals surface area contributed by atoms with Crippen molar-refractivity contribution < 1.29 is 10.2 Å². The minimum absolute atomic E-state index is 0.0287. The van der Waals surface area contributed by atoms with Gasteiger partial charge in [0.15, 0.2) is 0 Å². The van der Waals surface area contributed by atoms with Crippen molar-refractivity contribution in [1.29, 1.82) is 0 Å². The van der Waals surface area contributed by atoms with Crippen molar-refractivity contribution in [3.05, 3.63) is 52.8 Å². The maximum Gasteiger partial charge on any atom is 0.0662 e. The quantitative estimate of drug-likeness (QED) is 0.776. The Labute approximate surface area is 144 Å². The Kier molecular flexibility index (Phi) is 6.15. The zero-order valence-corrected chi connectivity index (χ0v) is 15.2. The molecule has 0 bridgehead atoms. The maximum absolute atomic E-state index is 9.47. The second-order valence-corrected chi connectivity index (χ2v) is 7.09. The van der Waals surface area contributed by atoms with E-state index in [9.17, 15) is 10.2 Å². The van der Waals surface area contributed by atoms with Gasteiger partial charge in [-0.1, -0.05) is 37.3 Å². The van der Waals surface area contributed by atoms with Crippen LogP contribution in [0.15, 0.2) is 30.3 Å². The summed E-state index contributed by atoms with van der Waals surface area (Å²) in [5, 5.41) is 23.6. The number of benzene rings is 1. The molecule has 0 aliphatic carbocycles. The molecular weight excluding hydrogens is 302 g/mol. The highest BCUT2D eigenvalue weighted by Crippen LogP contribution is 2.20. The lowest BCUT2D eigenvalue weighted by atomic mass is 9.92. The Balaban J connectivity index is 2.11. The minimum atomic E-state index is -0.489. The second kappa shape index (κ2) is 7.92. The van der Waals surface area contributed by atoms with Crippen LogP contribution in [0.2, 0.25) is 0 Å². The number of aliphatic hydroxyl groups is 2. The normalized spacial score (nSPS) is 12.1. The molecule has 0 aliphatic rings. The van der Waals surface area contributed by atoms with Crippen molar-refractivity contribution in [2.24, 2.45) is 5.41 Å². The fraction of sp³-hybridized carbons (Fsp3) is 0.526. The van der Waals surface area contributed by atoms with Crippen LogP contribution in [0.3, 0.4) is 0 Å². The number of hydrogen-bond acceptors (Lipinski definition) is 4. The van der Waals surface area contributed by atoms with Crippen LogP contribution in [-0.4, -0.2) is 51.7 Å². The van der Waals surface area contributed by atoms with Gasteiger partial charge in [-0.15, -0.1) is 0 Å². The Hall–Kier alpha value is -1.69. The van der Waals surface area contributed by atoms with Crippen LogP contribution in [0.5, 0.6) is 0 Å². The van der Waals surface area contributed by atoms with Gasteiger partial charge < -0.3 is 15.1 Å². The summed E-state index contributed by atoms with van der Waals surface area (Å²) in [4.78, 5) is 2.14. The summed E-state index contributed by atoms with van der Waals surface area (Å²) in [6.45, 7) is 8.12. The van der Waals surface area contributed by atoms with Gasteiger partial charge in [-0.2, -0.15) is 5.10 Å². The molecule has 2 N–H and O–H groups in total. The maximum atomic E-state index is 9.47. The number of rotatable bonds is 8. The van der Waals surface area contributed by atoms with E-state index in [0.29, 0.717) is 6.54 Å². The molecule has 0 atom stereocenters. The fourth-order valence-electron chi connectivity index (χ4n) is 3.00. The third kappa shape index (κ3) is 4.44. The van der Waals surface area contributed by atoms with Crippen LogP contribution in [0.25, 0.3) is 0 Å². The molecular formula is C19H29N3O2. The smallest absolute Gasteiger partial charge is 0.0662 e. The first-order chi connectivity index (χ1) is 11.4. The lowest BCUT2D eigenvalue weighted by Gasteiger charge is -2.30. The molecule has 0 spiro atoms. The van der Waals surface area contributed by atoms with E-state index in [0.717, 1.165) is 24.5 Å². The van der Waals surface area contributed by atoms with Crippen molar-refractivity contribution in [2.75, 3.05) is 26.8 Å². The third-order valence-electron chi connectivity index (χ3n) is 4.55. The van der Waals surface area contributed by atoms with Gasteiger partial charge in [-0.05, 0) is 26.5 Å². The van der Waals surface area contributed by atoms with Gasteiger partial charge in [0, 0.05) is 29.8 Å². The topological polar surface area (TPSA) is 61.5 Å². The molecule has 1 aromatic heterocycles. The van der Waals surface area contributed by atoms with E-state index in [1.54, 1.807) is 0 Å². The SMILES string of the molecule is Cc1nn(Cc2ccccc2)c(C)c1CN(C)CC(C)(CO)CO. The summed E-state index contributed by atoms with van der Waals surface area (Å²) < 4.78 is 2.05. The molecule has 1 heterocycles. The molecule has 5 heteroatoms. The highest BCUT2D eigenvalue weighted by atomic mass is 16.3. The number of aryl methyl sites for hydroxylation is 1. The molecule has 1 aromatic carbocycles. The molecule has 2 aromatic rings. The van der Waals surface area contributed by atoms with Crippen molar-refractivity contribution in [1.82, 2.24) is 14.7 Å². The van der Waals surface area contributed by atoms with Crippen molar-refractivity contribution in [3.8, 4) is 0 Å². The third-order valence-corrected chi connectivity index (χ3v) is 4.55. The number of aromatic nitrogens is 2. The molecule has 0 unspecified atom stereocenters. The van der Waals surface area contributed by atoms with Crippen LogP contribution in [0.1, 0.15) is 29.4 Å². The molecule has 0 fully saturated rings. The highest BCUT2D eigenvalue weighted by molar-refractivity contribution is 5.26. The summed E-state index contributed by atoms with van der Waals surface area (Å²) in [5.74, 6) is 0. The van der Waals surface area contributed by atoms with E-state index < -0.39 is 5.41 Å². The van der Waals surface area contributed by atoms with Gasteiger partial charge >= 0.3 is 0 Å². The van der Waals surface area contributed by atoms with Crippen LogP contribution in [0, 0.1) is 19.3 Å². The van der Waals surface area contributed by atoms with Crippen molar-refractivity contribution in [2.45, 2.75) is 33.9 Å². The first-order valence-electron chi connectivity index (χ1n) is 8.35. The average Bonchev–Trinajstić information content (AvgIpc) is 2.83. The van der Waals surface area contributed by atoms with E-state index in [-0.39, 0.29) is 13.2 Å². The summed E-state index contributed by atoms with van der Waals surface area (Å²) in [6, 6.07) is 10.3. The molecule has 2 rings (SSSR count). The van der Waals surface area contributed by atoms with Crippen LogP contribution >= 0.6 is 0 Å². The van der Waals surface area contributed by atoms with Gasteiger partial charge in [-0.3, -0.25) is 4.68 Å². The van der Waals surface area contributed by atoms with Gasteiger partial charge in [0.1, 0.15) is 0 Å². The van der Waals surface area contributed by atoms with Gasteiger partial charge in [0.05, 0.1) is 25.5 Å². The molecule has 0 saturated carbocycles. The lowest BCUT2D eigenvalue weighted by Crippen LogP contribution is -2.38. The Morgan fingerprint density at radius 3 is 2.33 bits per heavy atom. The fourth-order valence-corrected chi connectivity index (χ4v) is 3.00. The monoisotopic (exact) mass is 331 g/mol. The van der Waals surface area contributed by atoms with Crippen molar-refractivity contribution in [3.63, 3.8) is 0 Å². The van der Waals surface area contributed by atoms with Crippen LogP contribution in [-0.2, 0) is 13.1 Å². The van der Waals surface area contributed by atoms with Gasteiger partial charge in [-0.25, -0.2) is 0 Å². The average molecular weight is 331 g/mol. The predicted molar refractivity (Wildman–Crippen MR) is 95.9 cm³/mol. The van der Waals surface area contributed by atoms with E-state index in [4.69, 9.17) is 0 Å². The molecule has 0 radical (unpaired) electrons. The summed E-state index contributed by atoms with van der Waals surface area (Å²) in [5.41, 5.74) is 4.15. The summed E-state index contributed by atoms with van der Waals surface area (Å²) in [6.07, 6.45) is 0. The van der Waals surface area contributed by atoms with E-state index in [2.05, 4.69) is 29.1 Å². The molecule has 24 heavy (non-hydrogen) atoms. The van der Waals surface area contributed by atoms with Crippen molar-refractivity contribution >= 4 is 0 Å². The Morgan fingerprint density at radius 1 is 1.12 bits per heavy atom. The van der Waals surface area contributed by atoms with Crippen LogP contribution < -0.4 is 0 Å². The Morgan fingerprint density at radius 2 is 1.75 bits per heavy atom. The van der Waals surface area contributed by atoms with E-state index in [1.807, 2.05) is 43.8 Å². The number of aliphatic hydroxyl groups excluding tert-OH is 2. The number of hydrogen-bond donors (Lipinski definition) is 2. The molecule has 0 amide bonds. The highest BCUT2D eigenvalue weighted by Gasteiger charge is 2.25. The Bertz CT molecular complexity index is 648. The summed E-state index contributed by atoms with van der Waals surface area (Å²) in [7, 11) is 2.01. The standard InChI is InChI=1S/C19H29N3O2/c1-15-18(11-21(4)12-19(3,13-23)14-24)16(2)22(20-15)10-17-8-6-5-7-9-17/h5-9,23-24H,10-14H2,1-4H3. The second-order valence-electron chi connectivity index (χ2n) is 7.09. The molecule has 132 valence electrons. The minimum Gasteiger partial charge on any atom is -0.396 e. The zero-order valence-electron chi connectivity index (χ0n) is 15.2. The van der Waals surface area contributed by atoms with E-state index in [1.165, 1.54) is 11.1 Å². The van der Waals surface area contributed by atoms with Crippen LogP contribution in [0.4, 0.5) is 0 Å².